The van der Waals surface area contributed by atoms with E-state index in [2.05, 4.69) is 4.98 Å². The molecule has 0 amide bonds. The van der Waals surface area contributed by atoms with Crippen molar-refractivity contribution in [1.29, 1.82) is 0 Å². The topological polar surface area (TPSA) is 45.7 Å². The van der Waals surface area contributed by atoms with Gasteiger partial charge in [0.25, 0.3) is 0 Å². The van der Waals surface area contributed by atoms with E-state index < -0.39 is 0 Å². The van der Waals surface area contributed by atoms with Crippen molar-refractivity contribution < 1.29 is 4.57 Å². The van der Waals surface area contributed by atoms with Gasteiger partial charge in [0, 0.05) is 0 Å². The van der Waals surface area contributed by atoms with Crippen LogP contribution < -0.4 is 10.3 Å². The maximum atomic E-state index is 5.74. The lowest BCUT2D eigenvalue weighted by Gasteiger charge is -2.12. The first-order valence-electron chi connectivity index (χ1n) is 2.94. The van der Waals surface area contributed by atoms with Crippen molar-refractivity contribution in [3.05, 3.63) is 18.7 Å². The van der Waals surface area contributed by atoms with Crippen molar-refractivity contribution in [1.82, 2.24) is 4.98 Å². The van der Waals surface area contributed by atoms with Gasteiger partial charge < -0.3 is 0 Å². The molecule has 0 saturated heterocycles. The molecule has 3 N–H and O–H groups in total. The molecule has 0 aliphatic heterocycles. The summed E-state index contributed by atoms with van der Waals surface area (Å²) in [5.41, 5.74) is 5.45. The number of hydrogen-bond donors (Lipinski definition) is 2. The Labute approximate surface area is 54.5 Å². The average molecular weight is 126 g/mol. The number of hydrogen-bond acceptors (Lipinski definition) is 1. The molecule has 0 unspecified atom stereocenters. The summed E-state index contributed by atoms with van der Waals surface area (Å²) >= 11 is 0. The molecular formula is C6H12N3+. The average Bonchev–Trinajstić information content (AvgIpc) is 2.08. The van der Waals surface area contributed by atoms with E-state index in [1.54, 1.807) is 0 Å². The zero-order valence-corrected chi connectivity index (χ0v) is 5.76. The number of rotatable bonds is 1. The van der Waals surface area contributed by atoms with Gasteiger partial charge in [0.15, 0.2) is 5.66 Å². The molecule has 1 aromatic heterocycles. The van der Waals surface area contributed by atoms with Gasteiger partial charge in [-0.1, -0.05) is 0 Å². The molecule has 3 heteroatoms. The first-order chi connectivity index (χ1) is 4.11. The van der Waals surface area contributed by atoms with Gasteiger partial charge in [-0.2, -0.15) is 0 Å². The summed E-state index contributed by atoms with van der Waals surface area (Å²) in [6.45, 7) is 3.89. The van der Waals surface area contributed by atoms with E-state index in [4.69, 9.17) is 5.73 Å². The smallest absolute Gasteiger partial charge is 0.243 e. The van der Waals surface area contributed by atoms with Crippen LogP contribution in [0.25, 0.3) is 0 Å². The Bertz CT molecular complexity index is 171. The van der Waals surface area contributed by atoms with Crippen LogP contribution in [0.1, 0.15) is 13.8 Å². The number of imidazole rings is 1. The minimum absolute atomic E-state index is 0.292. The SMILES string of the molecule is CC(C)(N)[n+]1cc[nH]c1. The van der Waals surface area contributed by atoms with Crippen molar-refractivity contribution in [3.8, 4) is 0 Å². The van der Waals surface area contributed by atoms with E-state index in [1.807, 2.05) is 37.1 Å². The van der Waals surface area contributed by atoms with Gasteiger partial charge >= 0.3 is 0 Å². The van der Waals surface area contributed by atoms with Crippen molar-refractivity contribution in [2.24, 2.45) is 5.73 Å². The Kier molecular flexibility index (Phi) is 1.29. The lowest BCUT2D eigenvalue weighted by molar-refractivity contribution is -0.756. The summed E-state index contributed by atoms with van der Waals surface area (Å²) in [5.74, 6) is 0. The Balaban J connectivity index is 2.90. The summed E-state index contributed by atoms with van der Waals surface area (Å²) in [6, 6.07) is 0. The fourth-order valence-corrected chi connectivity index (χ4v) is 0.648. The van der Waals surface area contributed by atoms with Crippen LogP contribution in [0.2, 0.25) is 0 Å². The molecule has 0 aromatic carbocycles. The minimum Gasteiger partial charge on any atom is -0.290 e. The van der Waals surface area contributed by atoms with E-state index in [9.17, 15) is 0 Å². The fraction of sp³-hybridized carbons (Fsp3) is 0.500. The van der Waals surface area contributed by atoms with Crippen molar-refractivity contribution in [2.75, 3.05) is 0 Å². The van der Waals surface area contributed by atoms with Gasteiger partial charge in [0.1, 0.15) is 12.4 Å². The molecule has 0 radical (unpaired) electrons. The highest BCUT2D eigenvalue weighted by atomic mass is 15.2. The summed E-state index contributed by atoms with van der Waals surface area (Å²) in [4.78, 5) is 2.92. The number of nitrogens with two attached hydrogens (primary N) is 1. The molecular weight excluding hydrogens is 114 g/mol. The highest BCUT2D eigenvalue weighted by Crippen LogP contribution is 1.91. The third kappa shape index (κ3) is 1.29. The van der Waals surface area contributed by atoms with Crippen LogP contribution in [-0.4, -0.2) is 4.98 Å². The highest BCUT2D eigenvalue weighted by Gasteiger charge is 2.16. The molecule has 3 nitrogen and oxygen atoms in total. The molecule has 0 spiro atoms. The predicted octanol–water partition coefficient (Wildman–Crippen LogP) is -0.0465. The molecule has 1 rings (SSSR count). The van der Waals surface area contributed by atoms with Gasteiger partial charge in [0.2, 0.25) is 6.33 Å². The summed E-state index contributed by atoms with van der Waals surface area (Å²) < 4.78 is 1.91. The lowest BCUT2D eigenvalue weighted by Crippen LogP contribution is -2.57. The van der Waals surface area contributed by atoms with Crippen LogP contribution in [0.5, 0.6) is 0 Å². The summed E-state index contributed by atoms with van der Waals surface area (Å²) in [5, 5.41) is 0. The monoisotopic (exact) mass is 126 g/mol. The maximum absolute atomic E-state index is 5.74. The lowest BCUT2D eigenvalue weighted by atomic mass is 10.3. The first-order valence-corrected chi connectivity index (χ1v) is 2.94. The zero-order chi connectivity index (χ0) is 6.91. The normalized spacial score (nSPS) is 11.9. The zero-order valence-electron chi connectivity index (χ0n) is 5.76. The first kappa shape index (κ1) is 6.29. The van der Waals surface area contributed by atoms with Crippen LogP contribution in [0.4, 0.5) is 0 Å². The van der Waals surface area contributed by atoms with E-state index in [0.29, 0.717) is 0 Å². The number of nitrogens with one attached hydrogen (secondary N) is 1. The second kappa shape index (κ2) is 1.84. The number of aromatic amines is 1. The Hall–Kier alpha value is -0.830. The number of H-pyrrole nitrogens is 1. The van der Waals surface area contributed by atoms with E-state index >= 15 is 0 Å². The fourth-order valence-electron chi connectivity index (χ4n) is 0.648. The Morgan fingerprint density at radius 2 is 2.22 bits per heavy atom. The van der Waals surface area contributed by atoms with E-state index in [0.717, 1.165) is 0 Å². The van der Waals surface area contributed by atoms with Gasteiger partial charge in [-0.3, -0.25) is 10.7 Å². The minimum atomic E-state index is -0.292. The highest BCUT2D eigenvalue weighted by molar-refractivity contribution is 4.59. The standard InChI is InChI=1S/C6H11N3/c1-6(2,7)9-4-3-8-5-9/h3-5H,7H2,1-2H3/p+1. The molecule has 0 fully saturated rings. The molecule has 9 heavy (non-hydrogen) atoms. The van der Waals surface area contributed by atoms with Crippen LogP contribution in [-0.2, 0) is 5.66 Å². The molecule has 0 bridgehead atoms. The molecule has 1 heterocycles. The quantitative estimate of drug-likeness (QED) is 0.509. The maximum Gasteiger partial charge on any atom is 0.243 e. The number of aromatic nitrogens is 2. The van der Waals surface area contributed by atoms with Gasteiger partial charge in [-0.05, 0) is 13.8 Å². The molecule has 0 aliphatic carbocycles. The van der Waals surface area contributed by atoms with Crippen LogP contribution >= 0.6 is 0 Å². The second-order valence-electron chi connectivity index (χ2n) is 2.67. The van der Waals surface area contributed by atoms with Gasteiger partial charge in [-0.25, -0.2) is 4.57 Å². The molecule has 1 aromatic rings. The Morgan fingerprint density at radius 3 is 2.44 bits per heavy atom. The largest absolute Gasteiger partial charge is 0.290 e. The van der Waals surface area contributed by atoms with Gasteiger partial charge in [0.05, 0.1) is 0 Å². The van der Waals surface area contributed by atoms with E-state index in [1.165, 1.54) is 0 Å². The Morgan fingerprint density at radius 1 is 1.56 bits per heavy atom. The third-order valence-electron chi connectivity index (χ3n) is 1.21. The van der Waals surface area contributed by atoms with Crippen molar-refractivity contribution >= 4 is 0 Å². The van der Waals surface area contributed by atoms with Crippen LogP contribution in [0.15, 0.2) is 18.7 Å². The predicted molar refractivity (Wildman–Crippen MR) is 34.5 cm³/mol. The molecule has 0 aliphatic rings. The van der Waals surface area contributed by atoms with Crippen LogP contribution in [0, 0.1) is 0 Å². The third-order valence-corrected chi connectivity index (χ3v) is 1.21. The molecule has 0 atom stereocenters. The molecule has 50 valence electrons. The summed E-state index contributed by atoms with van der Waals surface area (Å²) in [7, 11) is 0. The van der Waals surface area contributed by atoms with E-state index in [-0.39, 0.29) is 5.66 Å². The second-order valence-corrected chi connectivity index (χ2v) is 2.67. The summed E-state index contributed by atoms with van der Waals surface area (Å²) in [6.07, 6.45) is 5.58. The van der Waals surface area contributed by atoms with Crippen molar-refractivity contribution in [3.63, 3.8) is 0 Å². The van der Waals surface area contributed by atoms with Crippen LogP contribution in [0.3, 0.4) is 0 Å². The van der Waals surface area contributed by atoms with Gasteiger partial charge in [-0.15, -0.1) is 0 Å². The number of nitrogens with zero attached hydrogens (tertiary/aromatic N) is 1. The van der Waals surface area contributed by atoms with Crippen molar-refractivity contribution in [2.45, 2.75) is 19.5 Å². The molecule has 0 saturated carbocycles.